The van der Waals surface area contributed by atoms with Crippen LogP contribution in [0.2, 0.25) is 0 Å². The molecule has 2 heteroatoms. The van der Waals surface area contributed by atoms with Crippen molar-refractivity contribution in [3.8, 4) is 0 Å². The van der Waals surface area contributed by atoms with Gasteiger partial charge < -0.3 is 5.32 Å². The van der Waals surface area contributed by atoms with E-state index in [9.17, 15) is 0 Å². The first kappa shape index (κ1) is 15.4. The van der Waals surface area contributed by atoms with Gasteiger partial charge in [0.15, 0.2) is 0 Å². The molecule has 0 aromatic carbocycles. The zero-order valence-corrected chi connectivity index (χ0v) is 13.0. The van der Waals surface area contributed by atoms with Crippen molar-refractivity contribution in [2.75, 3.05) is 18.6 Å². The molecular formula is C15H31NS. The van der Waals surface area contributed by atoms with Crippen molar-refractivity contribution in [3.05, 3.63) is 0 Å². The van der Waals surface area contributed by atoms with E-state index in [1.807, 2.05) is 11.8 Å². The van der Waals surface area contributed by atoms with Crippen molar-refractivity contribution in [1.82, 2.24) is 5.32 Å². The Bertz CT molecular complexity index is 193. The van der Waals surface area contributed by atoms with Crippen LogP contribution in [0.15, 0.2) is 0 Å². The summed E-state index contributed by atoms with van der Waals surface area (Å²) in [7, 11) is 0. The minimum atomic E-state index is 0.785. The summed E-state index contributed by atoms with van der Waals surface area (Å²) >= 11 is 1.97. The number of hydrogen-bond acceptors (Lipinski definition) is 2. The van der Waals surface area contributed by atoms with Gasteiger partial charge in [0, 0.05) is 6.04 Å². The Balaban J connectivity index is 2.26. The van der Waals surface area contributed by atoms with Crippen LogP contribution in [0.5, 0.6) is 0 Å². The summed E-state index contributed by atoms with van der Waals surface area (Å²) in [4.78, 5) is 0. The van der Waals surface area contributed by atoms with Crippen molar-refractivity contribution in [1.29, 1.82) is 0 Å². The van der Waals surface area contributed by atoms with E-state index in [2.05, 4.69) is 32.3 Å². The number of unbranched alkanes of at least 4 members (excludes halogenated alkanes) is 1. The van der Waals surface area contributed by atoms with Crippen molar-refractivity contribution in [3.63, 3.8) is 0 Å². The van der Waals surface area contributed by atoms with Gasteiger partial charge in [-0.25, -0.2) is 0 Å². The molecule has 1 aliphatic carbocycles. The molecule has 3 unspecified atom stereocenters. The summed E-state index contributed by atoms with van der Waals surface area (Å²) in [5.74, 6) is 3.99. The minimum Gasteiger partial charge on any atom is -0.314 e. The van der Waals surface area contributed by atoms with Crippen LogP contribution in [0, 0.1) is 17.8 Å². The van der Waals surface area contributed by atoms with E-state index in [1.54, 1.807) is 0 Å². The summed E-state index contributed by atoms with van der Waals surface area (Å²) < 4.78 is 0. The Morgan fingerprint density at radius 3 is 2.65 bits per heavy atom. The van der Waals surface area contributed by atoms with Gasteiger partial charge in [-0.3, -0.25) is 0 Å². The van der Waals surface area contributed by atoms with Crippen LogP contribution in [-0.4, -0.2) is 24.6 Å². The van der Waals surface area contributed by atoms with E-state index in [1.165, 1.54) is 44.4 Å². The summed E-state index contributed by atoms with van der Waals surface area (Å²) in [5, 5.41) is 3.83. The largest absolute Gasteiger partial charge is 0.314 e. The highest BCUT2D eigenvalue weighted by atomic mass is 32.2. The highest BCUT2D eigenvalue weighted by Gasteiger charge is 2.29. The predicted molar refractivity (Wildman–Crippen MR) is 80.7 cm³/mol. The van der Waals surface area contributed by atoms with Crippen LogP contribution >= 0.6 is 11.8 Å². The lowest BCUT2D eigenvalue weighted by Gasteiger charge is -2.38. The second kappa shape index (κ2) is 8.42. The smallest absolute Gasteiger partial charge is 0.0100 e. The van der Waals surface area contributed by atoms with Gasteiger partial charge in [-0.1, -0.05) is 27.2 Å². The average Bonchev–Trinajstić information content (AvgIpc) is 2.28. The van der Waals surface area contributed by atoms with Crippen LogP contribution in [0.3, 0.4) is 0 Å². The third kappa shape index (κ3) is 5.65. The third-order valence-corrected chi connectivity index (χ3v) is 4.90. The molecule has 102 valence electrons. The summed E-state index contributed by atoms with van der Waals surface area (Å²) in [6.45, 7) is 8.42. The third-order valence-electron chi connectivity index (χ3n) is 4.20. The molecule has 0 aromatic heterocycles. The van der Waals surface area contributed by atoms with E-state index >= 15 is 0 Å². The molecule has 1 N–H and O–H groups in total. The molecule has 0 radical (unpaired) electrons. The van der Waals surface area contributed by atoms with Gasteiger partial charge in [-0.05, 0) is 62.0 Å². The van der Waals surface area contributed by atoms with Gasteiger partial charge in [0.25, 0.3) is 0 Å². The van der Waals surface area contributed by atoms with Gasteiger partial charge in [-0.2, -0.15) is 11.8 Å². The first-order valence-corrected chi connectivity index (χ1v) is 8.76. The topological polar surface area (TPSA) is 12.0 Å². The maximum absolute atomic E-state index is 3.83. The van der Waals surface area contributed by atoms with Gasteiger partial charge in [0.1, 0.15) is 0 Å². The number of hydrogen-bond donors (Lipinski definition) is 1. The van der Waals surface area contributed by atoms with Crippen molar-refractivity contribution in [2.24, 2.45) is 17.8 Å². The summed E-state index contributed by atoms with van der Waals surface area (Å²) in [5.41, 5.74) is 0. The SMILES string of the molecule is CSCCCCNC1CC(C)CCC1C(C)C. The van der Waals surface area contributed by atoms with Crippen LogP contribution in [-0.2, 0) is 0 Å². The van der Waals surface area contributed by atoms with Crippen molar-refractivity contribution >= 4 is 11.8 Å². The molecule has 17 heavy (non-hydrogen) atoms. The van der Waals surface area contributed by atoms with Crippen LogP contribution in [0.25, 0.3) is 0 Å². The van der Waals surface area contributed by atoms with E-state index in [0.29, 0.717) is 0 Å². The van der Waals surface area contributed by atoms with E-state index in [-0.39, 0.29) is 0 Å². The monoisotopic (exact) mass is 257 g/mol. The van der Waals surface area contributed by atoms with Crippen LogP contribution in [0.1, 0.15) is 52.9 Å². The zero-order chi connectivity index (χ0) is 12.7. The standard InChI is InChI=1S/C15H31NS/c1-12(2)14-8-7-13(3)11-15(14)16-9-5-6-10-17-4/h12-16H,5-11H2,1-4H3. The minimum absolute atomic E-state index is 0.785. The molecule has 1 fully saturated rings. The molecule has 0 spiro atoms. The van der Waals surface area contributed by atoms with E-state index in [4.69, 9.17) is 0 Å². The first-order valence-electron chi connectivity index (χ1n) is 7.37. The molecular weight excluding hydrogens is 226 g/mol. The van der Waals surface area contributed by atoms with Crippen LogP contribution in [0.4, 0.5) is 0 Å². The molecule has 1 aliphatic rings. The van der Waals surface area contributed by atoms with Crippen molar-refractivity contribution in [2.45, 2.75) is 58.9 Å². The molecule has 3 atom stereocenters. The molecule has 0 heterocycles. The number of rotatable bonds is 7. The van der Waals surface area contributed by atoms with Gasteiger partial charge in [0.05, 0.1) is 0 Å². The fourth-order valence-corrected chi connectivity index (χ4v) is 3.59. The molecule has 0 aliphatic heterocycles. The first-order chi connectivity index (χ1) is 8.15. The lowest BCUT2D eigenvalue weighted by Crippen LogP contribution is -2.43. The van der Waals surface area contributed by atoms with Gasteiger partial charge in [0.2, 0.25) is 0 Å². The lowest BCUT2D eigenvalue weighted by molar-refractivity contribution is 0.170. The molecule has 0 amide bonds. The molecule has 1 saturated carbocycles. The normalized spacial score (nSPS) is 29.8. The second-order valence-corrected chi connectivity index (χ2v) is 7.07. The average molecular weight is 257 g/mol. The van der Waals surface area contributed by atoms with Gasteiger partial charge in [-0.15, -0.1) is 0 Å². The molecule has 1 nitrogen and oxygen atoms in total. The fourth-order valence-electron chi connectivity index (χ4n) is 3.10. The second-order valence-electron chi connectivity index (χ2n) is 6.09. The fraction of sp³-hybridized carbons (Fsp3) is 1.00. The lowest BCUT2D eigenvalue weighted by atomic mass is 9.74. The van der Waals surface area contributed by atoms with Crippen molar-refractivity contribution < 1.29 is 0 Å². The number of thioether (sulfide) groups is 1. The maximum atomic E-state index is 3.83. The maximum Gasteiger partial charge on any atom is 0.0100 e. The quantitative estimate of drug-likeness (QED) is 0.687. The van der Waals surface area contributed by atoms with Crippen LogP contribution < -0.4 is 5.32 Å². The van der Waals surface area contributed by atoms with Gasteiger partial charge >= 0.3 is 0 Å². The predicted octanol–water partition coefficient (Wildman–Crippen LogP) is 4.18. The van der Waals surface area contributed by atoms with E-state index in [0.717, 1.165) is 23.8 Å². The van der Waals surface area contributed by atoms with E-state index < -0.39 is 0 Å². The Morgan fingerprint density at radius 2 is 2.00 bits per heavy atom. The summed E-state index contributed by atoms with van der Waals surface area (Å²) in [6, 6.07) is 0.785. The number of nitrogens with one attached hydrogen (secondary N) is 1. The molecule has 0 aromatic rings. The molecule has 0 saturated heterocycles. The highest BCUT2D eigenvalue weighted by molar-refractivity contribution is 7.98. The Labute approximate surface area is 113 Å². The highest BCUT2D eigenvalue weighted by Crippen LogP contribution is 2.33. The Kier molecular flexibility index (Phi) is 7.61. The Hall–Kier alpha value is 0.310. The molecule has 0 bridgehead atoms. The molecule has 1 rings (SSSR count). The Morgan fingerprint density at radius 1 is 1.24 bits per heavy atom. The summed E-state index contributed by atoms with van der Waals surface area (Å²) in [6.07, 6.45) is 9.17. The zero-order valence-electron chi connectivity index (χ0n) is 12.2.